The molecule has 148 valence electrons. The zero-order valence-electron chi connectivity index (χ0n) is 16.0. The number of aliphatic imine (C=N–C) groups is 1. The Morgan fingerprint density at radius 2 is 1.85 bits per heavy atom. The molecule has 0 radical (unpaired) electrons. The van der Waals surface area contributed by atoms with Crippen molar-refractivity contribution in [1.29, 1.82) is 0 Å². The Balaban J connectivity index is 0.00000364. The predicted octanol–water partition coefficient (Wildman–Crippen LogP) is 3.46. The van der Waals surface area contributed by atoms with Crippen LogP contribution in [0.5, 0.6) is 17.2 Å². The molecule has 0 saturated heterocycles. The van der Waals surface area contributed by atoms with Gasteiger partial charge < -0.3 is 25.2 Å². The van der Waals surface area contributed by atoms with Gasteiger partial charge in [-0.05, 0) is 43.7 Å². The lowest BCUT2D eigenvalue weighted by atomic mass is 10.2. The fraction of sp³-hybridized carbons (Fsp3) is 0.350. The highest BCUT2D eigenvalue weighted by molar-refractivity contribution is 14.0. The van der Waals surface area contributed by atoms with E-state index in [2.05, 4.69) is 15.6 Å². The Bertz CT molecular complexity index is 721. The molecular weight excluding hydrogens is 457 g/mol. The second kappa shape index (κ2) is 12.3. The lowest BCUT2D eigenvalue weighted by molar-refractivity contribution is 0.322. The third-order valence-electron chi connectivity index (χ3n) is 3.69. The number of aromatic hydroxyl groups is 1. The van der Waals surface area contributed by atoms with Gasteiger partial charge in [-0.2, -0.15) is 0 Å². The maximum atomic E-state index is 9.84. The monoisotopic (exact) mass is 485 g/mol. The Kier molecular flexibility index (Phi) is 10.4. The largest absolute Gasteiger partial charge is 0.504 e. The maximum Gasteiger partial charge on any atom is 0.191 e. The van der Waals surface area contributed by atoms with Crippen molar-refractivity contribution in [3.05, 3.63) is 53.6 Å². The minimum absolute atomic E-state index is 0. The first-order valence-corrected chi connectivity index (χ1v) is 8.70. The van der Waals surface area contributed by atoms with E-state index in [1.54, 1.807) is 12.1 Å². The van der Waals surface area contributed by atoms with E-state index in [0.717, 1.165) is 17.9 Å². The molecule has 0 heterocycles. The van der Waals surface area contributed by atoms with Gasteiger partial charge in [0.2, 0.25) is 0 Å². The molecule has 2 aromatic carbocycles. The van der Waals surface area contributed by atoms with Crippen LogP contribution >= 0.6 is 24.0 Å². The Morgan fingerprint density at radius 1 is 1.11 bits per heavy atom. The van der Waals surface area contributed by atoms with Crippen LogP contribution in [0.4, 0.5) is 0 Å². The van der Waals surface area contributed by atoms with Crippen molar-refractivity contribution < 1.29 is 14.6 Å². The second-order valence-corrected chi connectivity index (χ2v) is 5.79. The molecule has 0 aliphatic heterocycles. The topological polar surface area (TPSA) is 75.1 Å². The van der Waals surface area contributed by atoms with Crippen LogP contribution in [0, 0.1) is 6.92 Å². The number of phenols is 1. The first-order valence-electron chi connectivity index (χ1n) is 8.70. The Morgan fingerprint density at radius 3 is 2.48 bits per heavy atom. The highest BCUT2D eigenvalue weighted by Crippen LogP contribution is 2.26. The van der Waals surface area contributed by atoms with Crippen LogP contribution < -0.4 is 20.1 Å². The molecule has 27 heavy (non-hydrogen) atoms. The van der Waals surface area contributed by atoms with E-state index in [1.165, 1.54) is 12.7 Å². The fourth-order valence-corrected chi connectivity index (χ4v) is 2.32. The number of benzene rings is 2. The molecule has 0 aromatic heterocycles. The van der Waals surface area contributed by atoms with Gasteiger partial charge in [0.05, 0.1) is 20.2 Å². The van der Waals surface area contributed by atoms with E-state index < -0.39 is 0 Å². The van der Waals surface area contributed by atoms with E-state index in [9.17, 15) is 5.11 Å². The second-order valence-electron chi connectivity index (χ2n) is 5.79. The highest BCUT2D eigenvalue weighted by atomic mass is 127. The molecular formula is C20H28IN3O3. The predicted molar refractivity (Wildman–Crippen MR) is 120 cm³/mol. The minimum Gasteiger partial charge on any atom is -0.504 e. The normalized spacial score (nSPS) is 10.7. The van der Waals surface area contributed by atoms with Crippen molar-refractivity contribution in [2.75, 3.05) is 26.8 Å². The van der Waals surface area contributed by atoms with E-state index >= 15 is 0 Å². The average Bonchev–Trinajstić information content (AvgIpc) is 2.64. The van der Waals surface area contributed by atoms with E-state index in [1.807, 2.05) is 44.2 Å². The van der Waals surface area contributed by atoms with Gasteiger partial charge in [0.15, 0.2) is 17.5 Å². The summed E-state index contributed by atoms with van der Waals surface area (Å²) in [6.45, 7) is 6.45. The van der Waals surface area contributed by atoms with Gasteiger partial charge in [-0.1, -0.05) is 23.8 Å². The molecule has 0 spiro atoms. The van der Waals surface area contributed by atoms with Crippen LogP contribution in [-0.4, -0.2) is 37.9 Å². The summed E-state index contributed by atoms with van der Waals surface area (Å²) in [6.07, 6.45) is 0. The Labute approximate surface area is 178 Å². The van der Waals surface area contributed by atoms with Gasteiger partial charge in [-0.25, -0.2) is 4.99 Å². The average molecular weight is 485 g/mol. The molecule has 0 fully saturated rings. The maximum absolute atomic E-state index is 9.84. The van der Waals surface area contributed by atoms with Crippen LogP contribution in [-0.2, 0) is 6.54 Å². The number of rotatable bonds is 8. The summed E-state index contributed by atoms with van der Waals surface area (Å²) >= 11 is 0. The smallest absolute Gasteiger partial charge is 0.191 e. The van der Waals surface area contributed by atoms with Gasteiger partial charge in [0.1, 0.15) is 12.4 Å². The highest BCUT2D eigenvalue weighted by Gasteiger charge is 2.03. The summed E-state index contributed by atoms with van der Waals surface area (Å²) in [5.41, 5.74) is 2.11. The minimum atomic E-state index is 0. The summed E-state index contributed by atoms with van der Waals surface area (Å²) < 4.78 is 10.7. The molecule has 2 rings (SSSR count). The summed E-state index contributed by atoms with van der Waals surface area (Å²) in [5.74, 6) is 2.13. The van der Waals surface area contributed by atoms with Gasteiger partial charge in [-0.15, -0.1) is 24.0 Å². The van der Waals surface area contributed by atoms with Crippen LogP contribution in [0.1, 0.15) is 18.1 Å². The summed E-state index contributed by atoms with van der Waals surface area (Å²) in [4.78, 5) is 4.52. The number of methoxy groups -OCH3 is 1. The van der Waals surface area contributed by atoms with Gasteiger partial charge in [0.25, 0.3) is 0 Å². The van der Waals surface area contributed by atoms with Crippen molar-refractivity contribution in [3.8, 4) is 17.2 Å². The quantitative estimate of drug-likeness (QED) is 0.231. The number of nitrogens with one attached hydrogen (secondary N) is 2. The number of guanidine groups is 1. The number of phenolic OH excluding ortho intramolecular Hbond substituents is 1. The Hall–Kier alpha value is -2.16. The first kappa shape index (κ1) is 22.9. The van der Waals surface area contributed by atoms with E-state index in [0.29, 0.717) is 31.4 Å². The van der Waals surface area contributed by atoms with Crippen molar-refractivity contribution >= 4 is 29.9 Å². The molecule has 2 aromatic rings. The molecule has 0 aliphatic carbocycles. The van der Waals surface area contributed by atoms with Gasteiger partial charge >= 0.3 is 0 Å². The van der Waals surface area contributed by atoms with Crippen molar-refractivity contribution in [2.24, 2.45) is 4.99 Å². The van der Waals surface area contributed by atoms with Gasteiger partial charge in [0, 0.05) is 6.54 Å². The molecule has 6 nitrogen and oxygen atoms in total. The third-order valence-corrected chi connectivity index (χ3v) is 3.69. The zero-order chi connectivity index (χ0) is 18.8. The summed E-state index contributed by atoms with van der Waals surface area (Å²) in [7, 11) is 1.53. The lowest BCUT2D eigenvalue weighted by Crippen LogP contribution is -2.39. The molecule has 0 unspecified atom stereocenters. The number of hydrogen-bond acceptors (Lipinski definition) is 4. The van der Waals surface area contributed by atoms with Crippen LogP contribution in [0.25, 0.3) is 0 Å². The molecule has 0 saturated carbocycles. The molecule has 0 amide bonds. The van der Waals surface area contributed by atoms with E-state index in [-0.39, 0.29) is 29.7 Å². The van der Waals surface area contributed by atoms with Crippen molar-refractivity contribution in [3.63, 3.8) is 0 Å². The van der Waals surface area contributed by atoms with Crippen molar-refractivity contribution in [2.45, 2.75) is 20.4 Å². The number of aryl methyl sites for hydroxylation is 1. The standard InChI is InChI=1S/C20H27N3O3.HI/c1-4-21-20(22-11-12-26-17-8-5-15(2)6-9-17)23-14-16-7-10-19(25-3)18(24)13-16;/h5-10,13,24H,4,11-12,14H2,1-3H3,(H2,21,22,23);1H. The first-order chi connectivity index (χ1) is 12.6. The summed E-state index contributed by atoms with van der Waals surface area (Å²) in [5, 5.41) is 16.3. The molecule has 0 aliphatic rings. The fourth-order valence-electron chi connectivity index (χ4n) is 2.32. The summed E-state index contributed by atoms with van der Waals surface area (Å²) in [6, 6.07) is 13.3. The number of ether oxygens (including phenoxy) is 2. The lowest BCUT2D eigenvalue weighted by Gasteiger charge is -2.12. The third kappa shape index (κ3) is 7.94. The molecule has 3 N–H and O–H groups in total. The number of halogens is 1. The zero-order valence-corrected chi connectivity index (χ0v) is 18.3. The SMILES string of the molecule is CCNC(=NCc1ccc(OC)c(O)c1)NCCOc1ccc(C)cc1.I. The molecule has 7 heteroatoms. The van der Waals surface area contributed by atoms with Crippen LogP contribution in [0.2, 0.25) is 0 Å². The molecule has 0 atom stereocenters. The van der Waals surface area contributed by atoms with Crippen LogP contribution in [0.3, 0.4) is 0 Å². The van der Waals surface area contributed by atoms with Crippen LogP contribution in [0.15, 0.2) is 47.5 Å². The number of hydrogen-bond donors (Lipinski definition) is 3. The van der Waals surface area contributed by atoms with Gasteiger partial charge in [-0.3, -0.25) is 0 Å². The molecule has 0 bridgehead atoms. The van der Waals surface area contributed by atoms with E-state index in [4.69, 9.17) is 9.47 Å². The number of nitrogens with zero attached hydrogens (tertiary/aromatic N) is 1. The van der Waals surface area contributed by atoms with Crippen molar-refractivity contribution in [1.82, 2.24) is 10.6 Å².